The summed E-state index contributed by atoms with van der Waals surface area (Å²) in [6.45, 7) is 1.92. The van der Waals surface area contributed by atoms with Crippen LogP contribution in [0.5, 0.6) is 0 Å². The Labute approximate surface area is 123 Å². The van der Waals surface area contributed by atoms with Gasteiger partial charge < -0.3 is 15.7 Å². The monoisotopic (exact) mass is 296 g/mol. The van der Waals surface area contributed by atoms with Crippen molar-refractivity contribution in [2.45, 2.75) is 18.9 Å². The number of fused-ring (bicyclic) bond motifs is 1. The average molecular weight is 297 g/mol. The van der Waals surface area contributed by atoms with Crippen LogP contribution in [0.25, 0.3) is 0 Å². The summed E-state index contributed by atoms with van der Waals surface area (Å²) in [5.74, 6) is 1.03. The highest BCUT2D eigenvalue weighted by Crippen LogP contribution is 2.40. The first-order chi connectivity index (χ1) is 9.06. The first-order valence-electron chi connectivity index (χ1n) is 6.58. The van der Waals surface area contributed by atoms with E-state index in [0.29, 0.717) is 21.8 Å². The highest BCUT2D eigenvalue weighted by molar-refractivity contribution is 7.80. The smallest absolute Gasteiger partial charge is 0.105 e. The van der Waals surface area contributed by atoms with Gasteiger partial charge in [-0.2, -0.15) is 0 Å². The van der Waals surface area contributed by atoms with Gasteiger partial charge in [-0.1, -0.05) is 23.8 Å². The fourth-order valence-corrected chi connectivity index (χ4v) is 3.86. The summed E-state index contributed by atoms with van der Waals surface area (Å²) in [7, 11) is 0. The van der Waals surface area contributed by atoms with Crippen molar-refractivity contribution in [1.82, 2.24) is 0 Å². The van der Waals surface area contributed by atoms with E-state index < -0.39 is 0 Å². The Kier molecular flexibility index (Phi) is 3.41. The van der Waals surface area contributed by atoms with Gasteiger partial charge in [0.25, 0.3) is 0 Å². The number of anilines is 1. The maximum absolute atomic E-state index is 9.95. The quantitative estimate of drug-likeness (QED) is 0.822. The minimum Gasteiger partial charge on any atom is -0.393 e. The number of aliphatic hydroxyl groups is 1. The summed E-state index contributed by atoms with van der Waals surface area (Å²) in [5, 5.41) is 10.5. The van der Waals surface area contributed by atoms with Crippen LogP contribution in [-0.2, 0) is 0 Å². The summed E-state index contributed by atoms with van der Waals surface area (Å²) in [5.41, 5.74) is 7.42. The molecule has 0 bridgehead atoms. The van der Waals surface area contributed by atoms with Crippen LogP contribution in [0.4, 0.5) is 5.69 Å². The second kappa shape index (κ2) is 4.93. The Balaban J connectivity index is 1.81. The van der Waals surface area contributed by atoms with E-state index in [9.17, 15) is 5.11 Å². The molecule has 5 heteroatoms. The van der Waals surface area contributed by atoms with Gasteiger partial charge in [0, 0.05) is 30.3 Å². The Morgan fingerprint density at radius 1 is 1.37 bits per heavy atom. The minimum atomic E-state index is -0.138. The number of thiocarbonyl (C=S) groups is 1. The standard InChI is InChI=1S/C14H17ClN2OS/c15-12-5-9(2-3-10(12)14(16)19)17-6-8-1-4-13(18)11(8)7-17/h2-3,5,8,11,13,18H,1,4,6-7H2,(H2,16,19). The number of halogens is 1. The molecule has 102 valence electrons. The van der Waals surface area contributed by atoms with E-state index in [-0.39, 0.29) is 6.10 Å². The first kappa shape index (κ1) is 13.2. The Bertz CT molecular complexity index is 522. The van der Waals surface area contributed by atoms with Crippen molar-refractivity contribution in [3.63, 3.8) is 0 Å². The molecule has 1 aliphatic carbocycles. The lowest BCUT2D eigenvalue weighted by Crippen LogP contribution is -2.24. The van der Waals surface area contributed by atoms with Crippen LogP contribution in [0, 0.1) is 11.8 Å². The second-order valence-corrected chi connectivity index (χ2v) is 6.35. The van der Waals surface area contributed by atoms with E-state index in [1.54, 1.807) is 0 Å². The number of hydrogen-bond acceptors (Lipinski definition) is 3. The third-order valence-corrected chi connectivity index (χ3v) is 4.93. The van der Waals surface area contributed by atoms with E-state index in [1.807, 2.05) is 18.2 Å². The third-order valence-electron chi connectivity index (χ3n) is 4.40. The summed E-state index contributed by atoms with van der Waals surface area (Å²) in [6, 6.07) is 5.81. The van der Waals surface area contributed by atoms with Gasteiger partial charge in [0.2, 0.25) is 0 Å². The van der Waals surface area contributed by atoms with Crippen LogP contribution in [-0.4, -0.2) is 29.3 Å². The molecule has 0 aromatic heterocycles. The first-order valence-corrected chi connectivity index (χ1v) is 7.37. The molecular formula is C14H17ClN2OS. The van der Waals surface area contributed by atoms with Crippen LogP contribution < -0.4 is 10.6 Å². The minimum absolute atomic E-state index is 0.138. The van der Waals surface area contributed by atoms with Crippen molar-refractivity contribution < 1.29 is 5.11 Å². The molecule has 3 rings (SSSR count). The lowest BCUT2D eigenvalue weighted by atomic mass is 10.00. The van der Waals surface area contributed by atoms with Crippen molar-refractivity contribution in [1.29, 1.82) is 0 Å². The zero-order valence-electron chi connectivity index (χ0n) is 10.6. The van der Waals surface area contributed by atoms with E-state index in [1.165, 1.54) is 0 Å². The van der Waals surface area contributed by atoms with Crippen LogP contribution in [0.2, 0.25) is 5.02 Å². The molecule has 0 spiro atoms. The summed E-state index contributed by atoms with van der Waals surface area (Å²) < 4.78 is 0. The van der Waals surface area contributed by atoms with Crippen LogP contribution in [0.15, 0.2) is 18.2 Å². The van der Waals surface area contributed by atoms with Crippen molar-refractivity contribution >= 4 is 34.5 Å². The predicted octanol–water partition coefficient (Wildman–Crippen LogP) is 2.18. The molecule has 0 amide bonds. The molecule has 3 unspecified atom stereocenters. The van der Waals surface area contributed by atoms with E-state index in [4.69, 9.17) is 29.6 Å². The fourth-order valence-electron chi connectivity index (χ4n) is 3.35. The normalized spacial score (nSPS) is 29.6. The molecule has 3 atom stereocenters. The summed E-state index contributed by atoms with van der Waals surface area (Å²) in [6.07, 6.45) is 1.94. The SMILES string of the molecule is NC(=S)c1ccc(N2CC3CCC(O)C3C2)cc1Cl. The lowest BCUT2D eigenvalue weighted by molar-refractivity contribution is 0.133. The van der Waals surface area contributed by atoms with Gasteiger partial charge in [0.15, 0.2) is 0 Å². The molecule has 1 aliphatic heterocycles. The van der Waals surface area contributed by atoms with Gasteiger partial charge in [-0.3, -0.25) is 0 Å². The molecule has 19 heavy (non-hydrogen) atoms. The van der Waals surface area contributed by atoms with Crippen LogP contribution >= 0.6 is 23.8 Å². The number of hydrogen-bond donors (Lipinski definition) is 2. The van der Waals surface area contributed by atoms with Crippen molar-refractivity contribution in [2.24, 2.45) is 17.6 Å². The number of nitrogens with two attached hydrogens (primary N) is 1. The molecule has 3 nitrogen and oxygen atoms in total. The van der Waals surface area contributed by atoms with Gasteiger partial charge >= 0.3 is 0 Å². The van der Waals surface area contributed by atoms with E-state index in [0.717, 1.165) is 37.2 Å². The fraction of sp³-hybridized carbons (Fsp3) is 0.500. The van der Waals surface area contributed by atoms with Gasteiger partial charge in [-0.25, -0.2) is 0 Å². The molecule has 1 saturated heterocycles. The highest BCUT2D eigenvalue weighted by atomic mass is 35.5. The molecule has 3 N–H and O–H groups in total. The Hall–Kier alpha value is -0.840. The molecule has 1 heterocycles. The number of benzene rings is 1. The molecular weight excluding hydrogens is 280 g/mol. The van der Waals surface area contributed by atoms with Crippen molar-refractivity contribution in [3.8, 4) is 0 Å². The lowest BCUT2D eigenvalue weighted by Gasteiger charge is -2.21. The summed E-state index contributed by atoms with van der Waals surface area (Å²) in [4.78, 5) is 2.62. The number of rotatable bonds is 2. The van der Waals surface area contributed by atoms with Crippen LogP contribution in [0.1, 0.15) is 18.4 Å². The average Bonchev–Trinajstić information content (AvgIpc) is 2.91. The molecule has 2 fully saturated rings. The maximum atomic E-state index is 9.95. The molecule has 1 aromatic carbocycles. The molecule has 1 aromatic rings. The van der Waals surface area contributed by atoms with Crippen LogP contribution in [0.3, 0.4) is 0 Å². The van der Waals surface area contributed by atoms with Crippen molar-refractivity contribution in [2.75, 3.05) is 18.0 Å². The Morgan fingerprint density at radius 3 is 2.79 bits per heavy atom. The molecule has 1 saturated carbocycles. The largest absolute Gasteiger partial charge is 0.393 e. The molecule has 0 radical (unpaired) electrons. The van der Waals surface area contributed by atoms with E-state index in [2.05, 4.69) is 4.90 Å². The zero-order valence-corrected chi connectivity index (χ0v) is 12.1. The topological polar surface area (TPSA) is 49.5 Å². The summed E-state index contributed by atoms with van der Waals surface area (Å²) >= 11 is 11.2. The molecule has 2 aliphatic rings. The third kappa shape index (κ3) is 2.33. The highest BCUT2D eigenvalue weighted by Gasteiger charge is 2.41. The van der Waals surface area contributed by atoms with Gasteiger partial charge in [-0.15, -0.1) is 0 Å². The van der Waals surface area contributed by atoms with Gasteiger partial charge in [0.1, 0.15) is 4.99 Å². The van der Waals surface area contributed by atoms with Gasteiger partial charge in [-0.05, 0) is 37.0 Å². The predicted molar refractivity (Wildman–Crippen MR) is 81.8 cm³/mol. The second-order valence-electron chi connectivity index (χ2n) is 5.50. The number of aliphatic hydroxyl groups excluding tert-OH is 1. The Morgan fingerprint density at radius 2 is 2.16 bits per heavy atom. The van der Waals surface area contributed by atoms with Gasteiger partial charge in [0.05, 0.1) is 11.1 Å². The zero-order chi connectivity index (χ0) is 13.6. The maximum Gasteiger partial charge on any atom is 0.105 e. The van der Waals surface area contributed by atoms with E-state index >= 15 is 0 Å². The number of nitrogens with zero attached hydrogens (tertiary/aromatic N) is 1. The van der Waals surface area contributed by atoms with Crippen molar-refractivity contribution in [3.05, 3.63) is 28.8 Å².